The van der Waals surface area contributed by atoms with Gasteiger partial charge in [0.25, 0.3) is 0 Å². The Bertz CT molecular complexity index is 564. The third-order valence-corrected chi connectivity index (χ3v) is 3.51. The van der Waals surface area contributed by atoms with Gasteiger partial charge in [0, 0.05) is 25.3 Å². The van der Waals surface area contributed by atoms with Crippen LogP contribution in [-0.4, -0.2) is 21.8 Å². The summed E-state index contributed by atoms with van der Waals surface area (Å²) in [6.45, 7) is 4.57. The molecule has 3 rings (SSSR count). The van der Waals surface area contributed by atoms with E-state index in [1.807, 2.05) is 19.1 Å². The van der Waals surface area contributed by atoms with E-state index in [1.54, 1.807) is 0 Å². The van der Waals surface area contributed by atoms with Gasteiger partial charge < -0.3 is 5.73 Å². The first-order valence-corrected chi connectivity index (χ1v) is 6.10. The van der Waals surface area contributed by atoms with Crippen molar-refractivity contribution >= 4 is 5.69 Å². The summed E-state index contributed by atoms with van der Waals surface area (Å²) in [5.41, 5.74) is 11.3. The molecule has 0 saturated carbocycles. The first-order valence-electron chi connectivity index (χ1n) is 6.10. The fourth-order valence-electron chi connectivity index (χ4n) is 2.40. The molecule has 0 unspecified atom stereocenters. The number of fused-ring (bicyclic) bond motifs is 1. The smallest absolute Gasteiger partial charge is 0.122 e. The van der Waals surface area contributed by atoms with Gasteiger partial charge in [0.1, 0.15) is 11.4 Å². The van der Waals surface area contributed by atoms with Crippen molar-refractivity contribution in [2.75, 3.05) is 12.3 Å². The van der Waals surface area contributed by atoms with Gasteiger partial charge in [0.05, 0.1) is 0 Å². The minimum atomic E-state index is 0.767. The highest BCUT2D eigenvalue weighted by Gasteiger charge is 2.19. The summed E-state index contributed by atoms with van der Waals surface area (Å²) in [6, 6.07) is 6.15. The van der Waals surface area contributed by atoms with Gasteiger partial charge in [0.15, 0.2) is 0 Å². The number of hydrogen-bond donors (Lipinski definition) is 1. The van der Waals surface area contributed by atoms with E-state index >= 15 is 0 Å². The Morgan fingerprint density at radius 3 is 3.06 bits per heavy atom. The van der Waals surface area contributed by atoms with Gasteiger partial charge in [-0.15, -0.1) is 0 Å². The lowest BCUT2D eigenvalue weighted by molar-refractivity contribution is 0.233. The van der Waals surface area contributed by atoms with E-state index in [2.05, 4.69) is 21.3 Å². The molecule has 2 aromatic rings. The molecule has 2 heterocycles. The SMILES string of the molecule is Cc1nonc1CN1CCc2cccc(N)c2C1. The van der Waals surface area contributed by atoms with Gasteiger partial charge in [-0.1, -0.05) is 22.4 Å². The van der Waals surface area contributed by atoms with Crippen molar-refractivity contribution in [3.05, 3.63) is 40.7 Å². The maximum Gasteiger partial charge on any atom is 0.122 e. The van der Waals surface area contributed by atoms with Crippen molar-refractivity contribution < 1.29 is 4.63 Å². The van der Waals surface area contributed by atoms with E-state index in [-0.39, 0.29) is 0 Å². The number of nitrogens with two attached hydrogens (primary N) is 1. The normalized spacial score (nSPS) is 15.6. The molecule has 1 aliphatic heterocycles. The fraction of sp³-hybridized carbons (Fsp3) is 0.385. The molecule has 5 nitrogen and oxygen atoms in total. The van der Waals surface area contributed by atoms with Crippen LogP contribution in [-0.2, 0) is 19.5 Å². The molecule has 0 amide bonds. The molecule has 0 atom stereocenters. The second-order valence-corrected chi connectivity index (χ2v) is 4.74. The maximum atomic E-state index is 6.03. The molecular weight excluding hydrogens is 228 g/mol. The van der Waals surface area contributed by atoms with Gasteiger partial charge in [-0.25, -0.2) is 4.63 Å². The van der Waals surface area contributed by atoms with Crippen LogP contribution < -0.4 is 5.73 Å². The van der Waals surface area contributed by atoms with Crippen molar-refractivity contribution in [1.29, 1.82) is 0 Å². The van der Waals surface area contributed by atoms with E-state index in [4.69, 9.17) is 10.4 Å². The highest BCUT2D eigenvalue weighted by atomic mass is 16.6. The average molecular weight is 244 g/mol. The van der Waals surface area contributed by atoms with Gasteiger partial charge in [-0.05, 0) is 30.5 Å². The lowest BCUT2D eigenvalue weighted by atomic mass is 9.98. The first-order chi connectivity index (χ1) is 8.74. The molecule has 0 bridgehead atoms. The van der Waals surface area contributed by atoms with Crippen LogP contribution in [0.25, 0.3) is 0 Å². The zero-order chi connectivity index (χ0) is 12.5. The van der Waals surface area contributed by atoms with Crippen molar-refractivity contribution in [2.24, 2.45) is 0 Å². The molecule has 94 valence electrons. The number of rotatable bonds is 2. The van der Waals surface area contributed by atoms with Gasteiger partial charge in [-0.3, -0.25) is 4.90 Å². The van der Waals surface area contributed by atoms with Crippen LogP contribution in [0.2, 0.25) is 0 Å². The lowest BCUT2D eigenvalue weighted by Crippen LogP contribution is -2.31. The number of aromatic nitrogens is 2. The number of aryl methyl sites for hydroxylation is 1. The number of nitrogen functional groups attached to an aromatic ring is 1. The van der Waals surface area contributed by atoms with E-state index < -0.39 is 0 Å². The molecule has 1 aromatic heterocycles. The van der Waals surface area contributed by atoms with Gasteiger partial charge in [-0.2, -0.15) is 0 Å². The predicted octanol–water partition coefficient (Wildman–Crippen LogP) is 1.52. The molecule has 0 radical (unpaired) electrons. The van der Waals surface area contributed by atoms with Crippen molar-refractivity contribution in [3.63, 3.8) is 0 Å². The lowest BCUT2D eigenvalue weighted by Gasteiger charge is -2.28. The van der Waals surface area contributed by atoms with E-state index in [0.29, 0.717) is 0 Å². The monoisotopic (exact) mass is 244 g/mol. The molecule has 1 aliphatic rings. The summed E-state index contributed by atoms with van der Waals surface area (Å²) in [6.07, 6.45) is 1.03. The van der Waals surface area contributed by atoms with Crippen LogP contribution in [0.15, 0.2) is 22.8 Å². The summed E-state index contributed by atoms with van der Waals surface area (Å²) >= 11 is 0. The second-order valence-electron chi connectivity index (χ2n) is 4.74. The van der Waals surface area contributed by atoms with Gasteiger partial charge in [0.2, 0.25) is 0 Å². The fourth-order valence-corrected chi connectivity index (χ4v) is 2.40. The maximum absolute atomic E-state index is 6.03. The average Bonchev–Trinajstić information content (AvgIpc) is 2.76. The molecule has 0 saturated heterocycles. The minimum Gasteiger partial charge on any atom is -0.398 e. The third-order valence-electron chi connectivity index (χ3n) is 3.51. The summed E-state index contributed by atoms with van der Waals surface area (Å²) in [5, 5.41) is 7.74. The Morgan fingerprint density at radius 2 is 2.28 bits per heavy atom. The Hall–Kier alpha value is -1.88. The molecule has 0 aliphatic carbocycles. The van der Waals surface area contributed by atoms with Gasteiger partial charge >= 0.3 is 0 Å². The molecule has 0 spiro atoms. The highest BCUT2D eigenvalue weighted by molar-refractivity contribution is 5.51. The van der Waals surface area contributed by atoms with Crippen LogP contribution in [0.4, 0.5) is 5.69 Å². The van der Waals surface area contributed by atoms with Crippen molar-refractivity contribution in [1.82, 2.24) is 15.2 Å². The Balaban J connectivity index is 1.79. The Kier molecular flexibility index (Phi) is 2.76. The van der Waals surface area contributed by atoms with Crippen LogP contribution in [0.5, 0.6) is 0 Å². The van der Waals surface area contributed by atoms with Crippen molar-refractivity contribution in [3.8, 4) is 0 Å². The van der Waals surface area contributed by atoms with E-state index in [1.165, 1.54) is 11.1 Å². The molecule has 2 N–H and O–H groups in total. The summed E-state index contributed by atoms with van der Waals surface area (Å²) in [4.78, 5) is 2.32. The number of anilines is 1. The quantitative estimate of drug-likeness (QED) is 0.811. The first kappa shape index (κ1) is 11.2. The van der Waals surface area contributed by atoms with Crippen LogP contribution in [0.3, 0.4) is 0 Å². The Morgan fingerprint density at radius 1 is 1.39 bits per heavy atom. The van der Waals surface area contributed by atoms with Crippen LogP contribution >= 0.6 is 0 Å². The third kappa shape index (κ3) is 1.97. The molecule has 5 heteroatoms. The molecule has 0 fully saturated rings. The van der Waals surface area contributed by atoms with E-state index in [0.717, 1.165) is 43.1 Å². The standard InChI is InChI=1S/C13H16N4O/c1-9-13(16-18-15-9)8-17-6-5-10-3-2-4-12(14)11(10)7-17/h2-4H,5-8,14H2,1H3. The zero-order valence-corrected chi connectivity index (χ0v) is 10.4. The Labute approximate surface area is 106 Å². The van der Waals surface area contributed by atoms with Crippen molar-refractivity contribution in [2.45, 2.75) is 26.4 Å². The summed E-state index contributed by atoms with van der Waals surface area (Å²) in [7, 11) is 0. The summed E-state index contributed by atoms with van der Waals surface area (Å²) < 4.78 is 4.73. The molecule has 18 heavy (non-hydrogen) atoms. The summed E-state index contributed by atoms with van der Waals surface area (Å²) in [5.74, 6) is 0. The molecule has 1 aromatic carbocycles. The van der Waals surface area contributed by atoms with Crippen LogP contribution in [0.1, 0.15) is 22.5 Å². The largest absolute Gasteiger partial charge is 0.398 e. The topological polar surface area (TPSA) is 68.2 Å². The van der Waals surface area contributed by atoms with E-state index in [9.17, 15) is 0 Å². The number of benzene rings is 1. The predicted molar refractivity (Wildman–Crippen MR) is 67.7 cm³/mol. The molecular formula is C13H16N4O. The number of nitrogens with zero attached hydrogens (tertiary/aromatic N) is 3. The van der Waals surface area contributed by atoms with Crippen LogP contribution in [0, 0.1) is 6.92 Å². The minimum absolute atomic E-state index is 0.767. The second kappa shape index (κ2) is 4.42. The highest BCUT2D eigenvalue weighted by Crippen LogP contribution is 2.25. The zero-order valence-electron chi connectivity index (χ0n) is 10.4. The number of hydrogen-bond acceptors (Lipinski definition) is 5.